The van der Waals surface area contributed by atoms with Crippen LogP contribution in [0.1, 0.15) is 27.6 Å². The highest BCUT2D eigenvalue weighted by Gasteiger charge is 2.36. The minimum absolute atomic E-state index is 0.264. The molecule has 0 fully saturated rings. The fourth-order valence-electron chi connectivity index (χ4n) is 1.83. The minimum atomic E-state index is -0.425. The average molecular weight is 258 g/mol. The Morgan fingerprint density at radius 2 is 1.74 bits per heavy atom. The predicted octanol–water partition coefficient (Wildman–Crippen LogP) is 0.975. The molecule has 0 saturated carbocycles. The van der Waals surface area contributed by atoms with Gasteiger partial charge in [0.05, 0.1) is 11.1 Å². The first-order chi connectivity index (χ1) is 9.00. The molecule has 5 heteroatoms. The van der Waals surface area contributed by atoms with Crippen molar-refractivity contribution in [2.24, 2.45) is 0 Å². The van der Waals surface area contributed by atoms with Crippen molar-refractivity contribution >= 4 is 17.7 Å². The van der Waals surface area contributed by atoms with E-state index in [1.165, 1.54) is 0 Å². The zero-order chi connectivity index (χ0) is 14.0. The maximum atomic E-state index is 12.0. The maximum absolute atomic E-state index is 12.0. The van der Waals surface area contributed by atoms with E-state index in [1.54, 1.807) is 31.2 Å². The van der Waals surface area contributed by atoms with E-state index in [9.17, 15) is 14.4 Å². The topological polar surface area (TPSA) is 66.5 Å². The number of nitrogens with zero attached hydrogens (tertiary/aromatic N) is 1. The van der Waals surface area contributed by atoms with Gasteiger partial charge in [-0.1, -0.05) is 24.3 Å². The van der Waals surface area contributed by atoms with Gasteiger partial charge in [0.15, 0.2) is 0 Å². The van der Waals surface area contributed by atoms with Gasteiger partial charge in [-0.3, -0.25) is 19.3 Å². The lowest BCUT2D eigenvalue weighted by Crippen LogP contribution is -2.40. The van der Waals surface area contributed by atoms with E-state index >= 15 is 0 Å². The van der Waals surface area contributed by atoms with Crippen LogP contribution in [0.5, 0.6) is 0 Å². The Hall–Kier alpha value is -2.43. The van der Waals surface area contributed by atoms with Crippen LogP contribution in [0.15, 0.2) is 36.4 Å². The Balaban J connectivity index is 2.08. The van der Waals surface area contributed by atoms with Crippen molar-refractivity contribution in [1.29, 1.82) is 0 Å². The van der Waals surface area contributed by atoms with Crippen LogP contribution in [0.3, 0.4) is 0 Å². The van der Waals surface area contributed by atoms with E-state index in [1.807, 2.05) is 0 Å². The fourth-order valence-corrected chi connectivity index (χ4v) is 1.83. The van der Waals surface area contributed by atoms with Crippen LogP contribution in [0.2, 0.25) is 0 Å². The van der Waals surface area contributed by atoms with Crippen LogP contribution >= 0.6 is 0 Å². The summed E-state index contributed by atoms with van der Waals surface area (Å²) in [5.74, 6) is -1.23. The summed E-state index contributed by atoms with van der Waals surface area (Å²) in [6.45, 7) is 5.51. The molecule has 1 aromatic carbocycles. The summed E-state index contributed by atoms with van der Waals surface area (Å²) >= 11 is 0. The monoisotopic (exact) mass is 258 g/mol. The molecule has 0 saturated heterocycles. The number of hydrogen-bond donors (Lipinski definition) is 1. The number of benzene rings is 1. The summed E-state index contributed by atoms with van der Waals surface area (Å²) in [5, 5.41) is 2.59. The van der Waals surface area contributed by atoms with E-state index in [-0.39, 0.29) is 12.5 Å². The third-order valence-electron chi connectivity index (χ3n) is 2.77. The van der Waals surface area contributed by atoms with Crippen LogP contribution < -0.4 is 5.32 Å². The van der Waals surface area contributed by atoms with Gasteiger partial charge in [0.1, 0.15) is 6.54 Å². The number of carbonyl (C=O) groups is 3. The predicted molar refractivity (Wildman–Crippen MR) is 69.6 cm³/mol. The lowest BCUT2D eigenvalue weighted by Gasteiger charge is -2.13. The van der Waals surface area contributed by atoms with Gasteiger partial charge in [0.25, 0.3) is 11.8 Å². The van der Waals surface area contributed by atoms with E-state index < -0.39 is 11.8 Å². The molecular formula is C14H14N2O3. The molecule has 1 aliphatic rings. The zero-order valence-corrected chi connectivity index (χ0v) is 10.6. The first-order valence-corrected chi connectivity index (χ1v) is 5.87. The van der Waals surface area contributed by atoms with Crippen LogP contribution in [0.25, 0.3) is 0 Å². The summed E-state index contributed by atoms with van der Waals surface area (Å²) in [4.78, 5) is 36.6. The first-order valence-electron chi connectivity index (χ1n) is 5.87. The van der Waals surface area contributed by atoms with Crippen LogP contribution in [0.4, 0.5) is 0 Å². The Kier molecular flexibility index (Phi) is 3.46. The molecule has 0 spiro atoms. The van der Waals surface area contributed by atoms with Crippen LogP contribution in [0, 0.1) is 0 Å². The van der Waals surface area contributed by atoms with Gasteiger partial charge >= 0.3 is 0 Å². The van der Waals surface area contributed by atoms with Crippen molar-refractivity contribution in [2.75, 3.05) is 13.1 Å². The number of rotatable bonds is 4. The molecule has 1 aromatic rings. The summed E-state index contributed by atoms with van der Waals surface area (Å²) in [5.41, 5.74) is 1.50. The number of nitrogens with one attached hydrogen (secondary N) is 1. The second-order valence-corrected chi connectivity index (χ2v) is 4.48. The smallest absolute Gasteiger partial charge is 0.262 e. The molecule has 0 unspecified atom stereocenters. The van der Waals surface area contributed by atoms with Gasteiger partial charge in [0.2, 0.25) is 5.91 Å². The normalized spacial score (nSPS) is 13.4. The van der Waals surface area contributed by atoms with Gasteiger partial charge in [-0.15, -0.1) is 0 Å². The SMILES string of the molecule is C=C(C)CNC(=O)CN1C(=O)c2ccccc2C1=O. The molecular weight excluding hydrogens is 244 g/mol. The Morgan fingerprint density at radius 1 is 1.21 bits per heavy atom. The summed E-state index contributed by atoms with van der Waals surface area (Å²) < 4.78 is 0. The number of imide groups is 1. The Morgan fingerprint density at radius 3 is 2.21 bits per heavy atom. The molecule has 19 heavy (non-hydrogen) atoms. The fraction of sp³-hybridized carbons (Fsp3) is 0.214. The Bertz CT molecular complexity index is 543. The highest BCUT2D eigenvalue weighted by atomic mass is 16.2. The molecule has 0 aromatic heterocycles. The average Bonchev–Trinajstić information content (AvgIpc) is 2.62. The van der Waals surface area contributed by atoms with Gasteiger partial charge < -0.3 is 5.32 Å². The highest BCUT2D eigenvalue weighted by Crippen LogP contribution is 2.21. The van der Waals surface area contributed by atoms with E-state index in [0.29, 0.717) is 17.7 Å². The molecule has 3 amide bonds. The van der Waals surface area contributed by atoms with Crippen molar-refractivity contribution in [2.45, 2.75) is 6.92 Å². The van der Waals surface area contributed by atoms with Gasteiger partial charge in [0, 0.05) is 6.54 Å². The van der Waals surface area contributed by atoms with Gasteiger partial charge in [-0.05, 0) is 19.1 Å². The number of amides is 3. The molecule has 2 rings (SSSR count). The minimum Gasteiger partial charge on any atom is -0.351 e. The molecule has 1 N–H and O–H groups in total. The van der Waals surface area contributed by atoms with Crippen molar-refractivity contribution in [1.82, 2.24) is 10.2 Å². The second-order valence-electron chi connectivity index (χ2n) is 4.48. The quantitative estimate of drug-likeness (QED) is 0.646. The van der Waals surface area contributed by atoms with Crippen molar-refractivity contribution in [3.05, 3.63) is 47.5 Å². The zero-order valence-electron chi connectivity index (χ0n) is 10.6. The molecule has 1 heterocycles. The summed E-state index contributed by atoms with van der Waals surface area (Å²) in [6.07, 6.45) is 0. The standard InChI is InChI=1S/C14H14N2O3/c1-9(2)7-15-12(17)8-16-13(18)10-5-3-4-6-11(10)14(16)19/h3-6H,1,7-8H2,2H3,(H,15,17). The molecule has 0 aliphatic carbocycles. The molecule has 0 atom stereocenters. The second kappa shape index (κ2) is 5.06. The van der Waals surface area contributed by atoms with E-state index in [2.05, 4.69) is 11.9 Å². The largest absolute Gasteiger partial charge is 0.351 e. The lowest BCUT2D eigenvalue weighted by atomic mass is 10.1. The van der Waals surface area contributed by atoms with E-state index in [4.69, 9.17) is 0 Å². The van der Waals surface area contributed by atoms with Crippen LogP contribution in [-0.4, -0.2) is 35.7 Å². The molecule has 0 bridgehead atoms. The van der Waals surface area contributed by atoms with Gasteiger partial charge in [-0.2, -0.15) is 0 Å². The first kappa shape index (κ1) is 13.0. The van der Waals surface area contributed by atoms with Crippen molar-refractivity contribution < 1.29 is 14.4 Å². The number of hydrogen-bond acceptors (Lipinski definition) is 3. The maximum Gasteiger partial charge on any atom is 0.262 e. The molecule has 5 nitrogen and oxygen atoms in total. The van der Waals surface area contributed by atoms with Crippen LogP contribution in [-0.2, 0) is 4.79 Å². The third-order valence-corrected chi connectivity index (χ3v) is 2.77. The number of fused-ring (bicyclic) bond motifs is 1. The summed E-state index contributed by atoms with van der Waals surface area (Å²) in [7, 11) is 0. The lowest BCUT2D eigenvalue weighted by molar-refractivity contribution is -0.121. The molecule has 0 radical (unpaired) electrons. The molecule has 1 aliphatic heterocycles. The number of carbonyl (C=O) groups excluding carboxylic acids is 3. The Labute approximate surface area is 110 Å². The summed E-state index contributed by atoms with van der Waals surface area (Å²) in [6, 6.07) is 6.55. The van der Waals surface area contributed by atoms with Gasteiger partial charge in [-0.25, -0.2) is 0 Å². The van der Waals surface area contributed by atoms with Crippen molar-refractivity contribution in [3.63, 3.8) is 0 Å². The third kappa shape index (κ3) is 2.54. The van der Waals surface area contributed by atoms with Crippen molar-refractivity contribution in [3.8, 4) is 0 Å². The van der Waals surface area contributed by atoms with E-state index in [0.717, 1.165) is 10.5 Å². The molecule has 98 valence electrons. The highest BCUT2D eigenvalue weighted by molar-refractivity contribution is 6.22.